The monoisotopic (exact) mass is 196 g/mol. The molecule has 1 saturated carbocycles. The van der Waals surface area contributed by atoms with E-state index in [1.165, 1.54) is 19.3 Å². The molecule has 0 spiro atoms. The van der Waals surface area contributed by atoms with Crippen LogP contribution in [0.15, 0.2) is 9.32 Å². The van der Waals surface area contributed by atoms with Gasteiger partial charge in [0.15, 0.2) is 5.82 Å². The predicted molar refractivity (Wildman–Crippen MR) is 52.1 cm³/mol. The lowest BCUT2D eigenvalue weighted by molar-refractivity contribution is 0.303. The summed E-state index contributed by atoms with van der Waals surface area (Å²) < 4.78 is 4.51. The van der Waals surface area contributed by atoms with Crippen molar-refractivity contribution >= 4 is 0 Å². The van der Waals surface area contributed by atoms with Gasteiger partial charge in [0.2, 0.25) is 0 Å². The molecular weight excluding hydrogens is 180 g/mol. The van der Waals surface area contributed by atoms with Crippen molar-refractivity contribution in [1.29, 1.82) is 0 Å². The number of hydrogen-bond acceptors (Lipinski definition) is 3. The van der Waals surface area contributed by atoms with Crippen molar-refractivity contribution in [3.8, 4) is 0 Å². The fourth-order valence-electron chi connectivity index (χ4n) is 2.26. The molecule has 0 bridgehead atoms. The second-order valence-electron chi connectivity index (χ2n) is 4.11. The van der Waals surface area contributed by atoms with E-state index in [-0.39, 0.29) is 0 Å². The quantitative estimate of drug-likeness (QED) is 0.787. The summed E-state index contributed by atoms with van der Waals surface area (Å²) in [4.78, 5) is 13.4. The molecule has 0 amide bonds. The zero-order valence-electron chi connectivity index (χ0n) is 8.45. The average Bonchev–Trinajstić information content (AvgIpc) is 2.65. The smallest absolute Gasteiger partial charge is 0.296 e. The normalized spacial score (nSPS) is 27.8. The molecule has 1 fully saturated rings. The van der Waals surface area contributed by atoms with Crippen LogP contribution in [0.5, 0.6) is 0 Å². The van der Waals surface area contributed by atoms with E-state index >= 15 is 0 Å². The van der Waals surface area contributed by atoms with Gasteiger partial charge in [0.1, 0.15) is 0 Å². The van der Waals surface area contributed by atoms with Crippen molar-refractivity contribution in [1.82, 2.24) is 10.1 Å². The predicted octanol–water partition coefficient (Wildman–Crippen LogP) is 2.05. The highest BCUT2D eigenvalue weighted by molar-refractivity contribution is 4.94. The number of rotatable bonds is 2. The molecule has 0 atom stereocenters. The first-order chi connectivity index (χ1) is 6.79. The molecule has 0 aromatic carbocycles. The van der Waals surface area contributed by atoms with E-state index in [4.69, 9.17) is 0 Å². The van der Waals surface area contributed by atoms with Crippen LogP contribution in [0.3, 0.4) is 0 Å². The Kier molecular flexibility index (Phi) is 2.70. The lowest BCUT2D eigenvalue weighted by Crippen LogP contribution is -2.14. The van der Waals surface area contributed by atoms with Crippen molar-refractivity contribution < 1.29 is 4.52 Å². The van der Waals surface area contributed by atoms with Crippen LogP contribution >= 0.6 is 0 Å². The SMILES string of the molecule is CCC1CCC(c2noc(=O)[nH]2)CC1. The first-order valence-corrected chi connectivity index (χ1v) is 5.35. The maximum atomic E-state index is 10.8. The van der Waals surface area contributed by atoms with Crippen molar-refractivity contribution in [2.24, 2.45) is 5.92 Å². The van der Waals surface area contributed by atoms with Crippen LogP contribution < -0.4 is 5.76 Å². The van der Waals surface area contributed by atoms with Crippen molar-refractivity contribution in [2.75, 3.05) is 0 Å². The Morgan fingerprint density at radius 3 is 2.64 bits per heavy atom. The Bertz CT molecular complexity index is 334. The molecule has 1 aromatic heterocycles. The Morgan fingerprint density at radius 1 is 1.43 bits per heavy atom. The van der Waals surface area contributed by atoms with Gasteiger partial charge in [-0.2, -0.15) is 0 Å². The van der Waals surface area contributed by atoms with Crippen LogP contribution in [0.2, 0.25) is 0 Å². The van der Waals surface area contributed by atoms with Crippen LogP contribution in [-0.4, -0.2) is 10.1 Å². The summed E-state index contributed by atoms with van der Waals surface area (Å²) in [6.07, 6.45) is 6.01. The first kappa shape index (κ1) is 9.49. The van der Waals surface area contributed by atoms with Crippen molar-refractivity contribution in [3.63, 3.8) is 0 Å². The Morgan fingerprint density at radius 2 is 2.14 bits per heavy atom. The van der Waals surface area contributed by atoms with E-state index in [1.54, 1.807) is 0 Å². The molecule has 1 N–H and O–H groups in total. The van der Waals surface area contributed by atoms with Gasteiger partial charge in [-0.1, -0.05) is 18.5 Å². The highest BCUT2D eigenvalue weighted by Crippen LogP contribution is 2.34. The first-order valence-electron chi connectivity index (χ1n) is 5.35. The van der Waals surface area contributed by atoms with E-state index in [0.29, 0.717) is 5.92 Å². The standard InChI is InChI=1S/C10H16N2O2/c1-2-7-3-5-8(6-4-7)9-11-10(13)14-12-9/h7-8H,2-6H2,1H3,(H,11,12,13). The molecule has 14 heavy (non-hydrogen) atoms. The molecule has 1 aliphatic carbocycles. The molecule has 0 radical (unpaired) electrons. The minimum Gasteiger partial charge on any atom is -0.296 e. The third kappa shape index (κ3) is 1.89. The summed E-state index contributed by atoms with van der Waals surface area (Å²) >= 11 is 0. The average molecular weight is 196 g/mol. The number of aromatic nitrogens is 2. The van der Waals surface area contributed by atoms with Crippen LogP contribution in [0, 0.1) is 5.92 Å². The van der Waals surface area contributed by atoms with Gasteiger partial charge in [-0.05, 0) is 31.6 Å². The molecule has 2 rings (SSSR count). The Balaban J connectivity index is 1.98. The lowest BCUT2D eigenvalue weighted by Gasteiger charge is -2.25. The molecule has 0 saturated heterocycles. The van der Waals surface area contributed by atoms with Crippen LogP contribution in [0.25, 0.3) is 0 Å². The van der Waals surface area contributed by atoms with Gasteiger partial charge >= 0.3 is 5.76 Å². The van der Waals surface area contributed by atoms with E-state index in [0.717, 1.165) is 24.6 Å². The third-order valence-corrected chi connectivity index (χ3v) is 3.27. The van der Waals surface area contributed by atoms with Crippen LogP contribution in [-0.2, 0) is 0 Å². The van der Waals surface area contributed by atoms with Gasteiger partial charge < -0.3 is 0 Å². The zero-order valence-corrected chi connectivity index (χ0v) is 8.45. The molecule has 4 heteroatoms. The summed E-state index contributed by atoms with van der Waals surface area (Å²) in [6.45, 7) is 2.24. The molecule has 1 aliphatic rings. The van der Waals surface area contributed by atoms with E-state index in [9.17, 15) is 4.79 Å². The summed E-state index contributed by atoms with van der Waals surface area (Å²) in [5, 5.41) is 3.75. The molecule has 4 nitrogen and oxygen atoms in total. The maximum absolute atomic E-state index is 10.8. The van der Waals surface area contributed by atoms with Gasteiger partial charge in [0.05, 0.1) is 0 Å². The van der Waals surface area contributed by atoms with Gasteiger partial charge in [-0.15, -0.1) is 0 Å². The molecule has 1 heterocycles. The van der Waals surface area contributed by atoms with E-state index < -0.39 is 5.76 Å². The largest absolute Gasteiger partial charge is 0.438 e. The highest BCUT2D eigenvalue weighted by Gasteiger charge is 2.23. The van der Waals surface area contributed by atoms with Gasteiger partial charge in [0, 0.05) is 5.92 Å². The summed E-state index contributed by atoms with van der Waals surface area (Å²) in [7, 11) is 0. The summed E-state index contributed by atoms with van der Waals surface area (Å²) in [5.41, 5.74) is 0. The topological polar surface area (TPSA) is 58.9 Å². The highest BCUT2D eigenvalue weighted by atomic mass is 16.5. The number of aromatic amines is 1. The fraction of sp³-hybridized carbons (Fsp3) is 0.800. The third-order valence-electron chi connectivity index (χ3n) is 3.27. The Labute approximate surface area is 82.7 Å². The fourth-order valence-corrected chi connectivity index (χ4v) is 2.26. The van der Waals surface area contributed by atoms with Crippen molar-refractivity contribution in [3.05, 3.63) is 16.4 Å². The Hall–Kier alpha value is -1.06. The molecule has 0 aliphatic heterocycles. The molecular formula is C10H16N2O2. The maximum Gasteiger partial charge on any atom is 0.438 e. The second kappa shape index (κ2) is 3.98. The van der Waals surface area contributed by atoms with E-state index in [2.05, 4.69) is 21.6 Å². The van der Waals surface area contributed by atoms with Crippen LogP contribution in [0.4, 0.5) is 0 Å². The number of hydrogen-bond donors (Lipinski definition) is 1. The molecule has 0 unspecified atom stereocenters. The lowest BCUT2D eigenvalue weighted by atomic mass is 9.80. The van der Waals surface area contributed by atoms with Gasteiger partial charge in [0.25, 0.3) is 0 Å². The molecule has 78 valence electrons. The number of H-pyrrole nitrogens is 1. The van der Waals surface area contributed by atoms with Gasteiger partial charge in [-0.3, -0.25) is 9.51 Å². The number of nitrogens with zero attached hydrogens (tertiary/aromatic N) is 1. The minimum absolute atomic E-state index is 0.407. The summed E-state index contributed by atoms with van der Waals surface area (Å²) in [6, 6.07) is 0. The zero-order chi connectivity index (χ0) is 9.97. The van der Waals surface area contributed by atoms with E-state index in [1.807, 2.05) is 0 Å². The van der Waals surface area contributed by atoms with Gasteiger partial charge in [-0.25, -0.2) is 4.79 Å². The second-order valence-corrected chi connectivity index (χ2v) is 4.11. The van der Waals surface area contributed by atoms with Crippen molar-refractivity contribution in [2.45, 2.75) is 44.9 Å². The van der Waals surface area contributed by atoms with Crippen LogP contribution in [0.1, 0.15) is 50.8 Å². The minimum atomic E-state index is -0.433. The number of nitrogens with one attached hydrogen (secondary N) is 1. The summed E-state index contributed by atoms with van der Waals surface area (Å²) in [5.74, 6) is 1.58. The molecule has 1 aromatic rings.